The van der Waals surface area contributed by atoms with Crippen molar-refractivity contribution in [3.05, 3.63) is 0 Å². The van der Waals surface area contributed by atoms with E-state index in [-0.39, 0.29) is 11.2 Å². The van der Waals surface area contributed by atoms with E-state index in [0.717, 1.165) is 25.9 Å². The van der Waals surface area contributed by atoms with E-state index >= 15 is 0 Å². The lowest BCUT2D eigenvalue weighted by molar-refractivity contribution is -0.136. The third-order valence-corrected chi connectivity index (χ3v) is 3.74. The minimum atomic E-state index is -0.860. The van der Waals surface area contributed by atoms with E-state index in [9.17, 15) is 9.59 Å². The summed E-state index contributed by atoms with van der Waals surface area (Å²) in [5, 5.41) is 7.96. The molecule has 1 aliphatic rings. The lowest BCUT2D eigenvalue weighted by Crippen LogP contribution is -2.35. The van der Waals surface area contributed by atoms with Crippen molar-refractivity contribution < 1.29 is 14.7 Å². The number of amides is 1. The van der Waals surface area contributed by atoms with Gasteiger partial charge in [0, 0.05) is 13.1 Å². The van der Waals surface area contributed by atoms with E-state index in [4.69, 9.17) is 5.11 Å². The summed E-state index contributed by atoms with van der Waals surface area (Å²) in [4.78, 5) is 24.3. The first-order valence-electron chi connectivity index (χ1n) is 5.19. The minimum absolute atomic E-state index is 0.0746. The maximum absolute atomic E-state index is 11.8. The number of likely N-dealkylation sites (tertiary alicyclic amines) is 1. The van der Waals surface area contributed by atoms with Gasteiger partial charge in [0.05, 0.1) is 5.25 Å². The zero-order chi connectivity index (χ0) is 11.4. The summed E-state index contributed by atoms with van der Waals surface area (Å²) in [6.07, 6.45) is 2.13. The lowest BCUT2D eigenvalue weighted by atomic mass is 10.4. The predicted octanol–water partition coefficient (Wildman–Crippen LogP) is 1.20. The molecule has 15 heavy (non-hydrogen) atoms. The van der Waals surface area contributed by atoms with Crippen molar-refractivity contribution in [1.82, 2.24) is 4.90 Å². The number of hydrogen-bond acceptors (Lipinski definition) is 3. The number of hydrogen-bond donors (Lipinski definition) is 1. The van der Waals surface area contributed by atoms with Crippen molar-refractivity contribution in [1.29, 1.82) is 0 Å². The van der Waals surface area contributed by atoms with Gasteiger partial charge in [-0.1, -0.05) is 0 Å². The van der Waals surface area contributed by atoms with Gasteiger partial charge < -0.3 is 10.0 Å². The third-order valence-electron chi connectivity index (χ3n) is 2.52. The molecule has 0 aromatic heterocycles. The molecule has 0 aromatic rings. The molecule has 0 aliphatic carbocycles. The van der Waals surface area contributed by atoms with Crippen molar-refractivity contribution in [2.75, 3.05) is 13.1 Å². The molecular formula is C10H17NO3S. The molecule has 0 radical (unpaired) electrons. The Hall–Kier alpha value is -0.710. The Balaban J connectivity index is 2.41. The molecule has 1 fully saturated rings. The first kappa shape index (κ1) is 12.4. The zero-order valence-corrected chi connectivity index (χ0v) is 9.92. The van der Waals surface area contributed by atoms with Gasteiger partial charge in [-0.3, -0.25) is 9.59 Å². The number of carbonyl (C=O) groups is 2. The SMILES string of the molecule is CC(SC(C)C(=O)N1CCCC1)C(=O)O. The largest absolute Gasteiger partial charge is 0.480 e. The summed E-state index contributed by atoms with van der Waals surface area (Å²) >= 11 is 1.21. The van der Waals surface area contributed by atoms with Crippen LogP contribution < -0.4 is 0 Å². The van der Waals surface area contributed by atoms with Crippen LogP contribution in [0.5, 0.6) is 0 Å². The normalized spacial score (nSPS) is 20.0. The van der Waals surface area contributed by atoms with E-state index in [2.05, 4.69) is 0 Å². The Bertz CT molecular complexity index is 251. The molecule has 4 nitrogen and oxygen atoms in total. The molecule has 1 aliphatic heterocycles. The molecule has 1 heterocycles. The molecule has 1 rings (SSSR count). The van der Waals surface area contributed by atoms with Gasteiger partial charge in [-0.05, 0) is 26.7 Å². The van der Waals surface area contributed by atoms with E-state index in [1.165, 1.54) is 11.8 Å². The van der Waals surface area contributed by atoms with Gasteiger partial charge >= 0.3 is 5.97 Å². The van der Waals surface area contributed by atoms with Crippen molar-refractivity contribution >= 4 is 23.6 Å². The average molecular weight is 231 g/mol. The molecule has 1 amide bonds. The lowest BCUT2D eigenvalue weighted by Gasteiger charge is -2.21. The first-order valence-corrected chi connectivity index (χ1v) is 6.13. The Labute approximate surface area is 94.0 Å². The van der Waals surface area contributed by atoms with Crippen LogP contribution in [0.2, 0.25) is 0 Å². The van der Waals surface area contributed by atoms with Gasteiger partial charge in [0.1, 0.15) is 5.25 Å². The van der Waals surface area contributed by atoms with Crippen LogP contribution in [0.25, 0.3) is 0 Å². The molecule has 0 bridgehead atoms. The summed E-state index contributed by atoms with van der Waals surface area (Å²) < 4.78 is 0. The number of nitrogens with zero attached hydrogens (tertiary/aromatic N) is 1. The summed E-state index contributed by atoms with van der Waals surface area (Å²) in [6.45, 7) is 5.04. The fraction of sp³-hybridized carbons (Fsp3) is 0.800. The molecule has 0 saturated carbocycles. The van der Waals surface area contributed by atoms with Crippen LogP contribution >= 0.6 is 11.8 Å². The molecule has 86 valence electrons. The van der Waals surface area contributed by atoms with Crippen LogP contribution in [0.15, 0.2) is 0 Å². The Morgan fingerprint density at radius 3 is 2.20 bits per heavy atom. The highest BCUT2D eigenvalue weighted by Gasteiger charge is 2.26. The van der Waals surface area contributed by atoms with E-state index in [1.807, 2.05) is 4.90 Å². The predicted molar refractivity (Wildman–Crippen MR) is 60.0 cm³/mol. The molecule has 1 saturated heterocycles. The van der Waals surface area contributed by atoms with Gasteiger partial charge in [0.2, 0.25) is 5.91 Å². The van der Waals surface area contributed by atoms with Crippen LogP contribution in [0, 0.1) is 0 Å². The summed E-state index contributed by atoms with van der Waals surface area (Å²) in [6, 6.07) is 0. The topological polar surface area (TPSA) is 57.6 Å². The molecule has 1 N–H and O–H groups in total. The van der Waals surface area contributed by atoms with Gasteiger partial charge in [-0.15, -0.1) is 11.8 Å². The number of carboxylic acid groups (broad SMARTS) is 1. The summed E-state index contributed by atoms with van der Waals surface area (Å²) in [5.74, 6) is -0.785. The monoisotopic (exact) mass is 231 g/mol. The van der Waals surface area contributed by atoms with Crippen molar-refractivity contribution in [3.63, 3.8) is 0 Å². The van der Waals surface area contributed by atoms with Gasteiger partial charge in [0.25, 0.3) is 0 Å². The number of carbonyl (C=O) groups excluding carboxylic acids is 1. The second-order valence-corrected chi connectivity index (χ2v) is 5.48. The maximum Gasteiger partial charge on any atom is 0.316 e. The fourth-order valence-corrected chi connectivity index (χ4v) is 2.61. The molecular weight excluding hydrogens is 214 g/mol. The Morgan fingerprint density at radius 1 is 1.20 bits per heavy atom. The van der Waals surface area contributed by atoms with E-state index < -0.39 is 11.2 Å². The minimum Gasteiger partial charge on any atom is -0.480 e. The molecule has 2 atom stereocenters. The molecule has 0 spiro atoms. The van der Waals surface area contributed by atoms with Crippen molar-refractivity contribution in [3.8, 4) is 0 Å². The smallest absolute Gasteiger partial charge is 0.316 e. The van der Waals surface area contributed by atoms with Gasteiger partial charge in [-0.25, -0.2) is 0 Å². The van der Waals surface area contributed by atoms with Gasteiger partial charge in [-0.2, -0.15) is 0 Å². The van der Waals surface area contributed by atoms with Crippen molar-refractivity contribution in [2.45, 2.75) is 37.2 Å². The van der Waals surface area contributed by atoms with Crippen LogP contribution in [-0.4, -0.2) is 45.5 Å². The number of aliphatic carboxylic acids is 1. The maximum atomic E-state index is 11.8. The van der Waals surface area contributed by atoms with Crippen LogP contribution in [0.1, 0.15) is 26.7 Å². The van der Waals surface area contributed by atoms with Crippen LogP contribution in [-0.2, 0) is 9.59 Å². The summed E-state index contributed by atoms with van der Waals surface area (Å²) in [5.41, 5.74) is 0. The van der Waals surface area contributed by atoms with E-state index in [1.54, 1.807) is 13.8 Å². The highest BCUT2D eigenvalue weighted by molar-refractivity contribution is 8.01. The highest BCUT2D eigenvalue weighted by Crippen LogP contribution is 2.21. The van der Waals surface area contributed by atoms with Crippen LogP contribution in [0.4, 0.5) is 0 Å². The molecule has 2 unspecified atom stereocenters. The molecule has 5 heteroatoms. The van der Waals surface area contributed by atoms with Crippen molar-refractivity contribution in [2.24, 2.45) is 0 Å². The quantitative estimate of drug-likeness (QED) is 0.790. The second-order valence-electron chi connectivity index (χ2n) is 3.79. The Morgan fingerprint density at radius 2 is 1.73 bits per heavy atom. The summed E-state index contributed by atoms with van der Waals surface area (Å²) in [7, 11) is 0. The number of carboxylic acids is 1. The standard InChI is InChI=1S/C10H17NO3S/c1-7(15-8(2)10(13)14)9(12)11-5-3-4-6-11/h7-8H,3-6H2,1-2H3,(H,13,14). The first-order chi connectivity index (χ1) is 7.02. The van der Waals surface area contributed by atoms with Gasteiger partial charge in [0.15, 0.2) is 0 Å². The zero-order valence-electron chi connectivity index (χ0n) is 9.10. The van der Waals surface area contributed by atoms with E-state index in [0.29, 0.717) is 0 Å². The fourth-order valence-electron chi connectivity index (χ4n) is 1.62. The average Bonchev–Trinajstić information content (AvgIpc) is 2.68. The van der Waals surface area contributed by atoms with Crippen LogP contribution in [0.3, 0.4) is 0 Å². The number of rotatable bonds is 4. The second kappa shape index (κ2) is 5.39. The Kier molecular flexibility index (Phi) is 4.45. The third kappa shape index (κ3) is 3.41. The highest BCUT2D eigenvalue weighted by atomic mass is 32.2. The number of thioether (sulfide) groups is 1. The molecule has 0 aromatic carbocycles.